The molecule has 4 rings (SSSR count). The minimum atomic E-state index is -0.222. The Morgan fingerprint density at radius 1 is 1.16 bits per heavy atom. The number of aromatic amines is 1. The van der Waals surface area contributed by atoms with Gasteiger partial charge < -0.3 is 14.6 Å². The maximum absolute atomic E-state index is 13.1. The highest BCUT2D eigenvalue weighted by molar-refractivity contribution is 7.71. The molecule has 2 N–H and O–H groups in total. The lowest BCUT2D eigenvalue weighted by Crippen LogP contribution is -2.26. The summed E-state index contributed by atoms with van der Waals surface area (Å²) in [7, 11) is 3.44. The molecule has 0 spiro atoms. The summed E-state index contributed by atoms with van der Waals surface area (Å²) in [6.45, 7) is 0.411. The third-order valence-corrected chi connectivity index (χ3v) is 5.31. The number of nitrogens with one attached hydrogen (secondary N) is 2. The van der Waals surface area contributed by atoms with Crippen LogP contribution in [0.15, 0.2) is 60.8 Å². The van der Waals surface area contributed by atoms with Gasteiger partial charge in [-0.3, -0.25) is 9.89 Å². The number of methoxy groups -OCH3 is 1. The summed E-state index contributed by atoms with van der Waals surface area (Å²) in [6.07, 6.45) is 2.29. The Hall–Kier alpha value is -3.72. The number of hydrogen-bond donors (Lipinski definition) is 2. The van der Waals surface area contributed by atoms with Crippen LogP contribution >= 0.6 is 12.2 Å². The van der Waals surface area contributed by atoms with Crippen molar-refractivity contribution >= 4 is 18.1 Å². The number of nitrogens with zero attached hydrogens (tertiary/aromatic N) is 4. The Labute approximate surface area is 184 Å². The van der Waals surface area contributed by atoms with Crippen molar-refractivity contribution < 1.29 is 9.53 Å². The topological polar surface area (TPSA) is 89.8 Å². The van der Waals surface area contributed by atoms with Crippen LogP contribution in [-0.2, 0) is 13.5 Å². The van der Waals surface area contributed by atoms with Crippen LogP contribution in [0, 0.1) is 4.77 Å². The van der Waals surface area contributed by atoms with Crippen LogP contribution < -0.4 is 10.1 Å². The van der Waals surface area contributed by atoms with Crippen molar-refractivity contribution in [3.63, 3.8) is 0 Å². The quantitative estimate of drug-likeness (QED) is 0.436. The molecule has 0 radical (unpaired) electrons. The minimum Gasteiger partial charge on any atom is -0.496 e. The molecular formula is C22H22N6O2S. The molecule has 0 saturated heterocycles. The highest BCUT2D eigenvalue weighted by atomic mass is 32.1. The molecule has 0 atom stereocenters. The zero-order valence-corrected chi connectivity index (χ0v) is 18.0. The maximum atomic E-state index is 13.1. The summed E-state index contributed by atoms with van der Waals surface area (Å²) >= 11 is 5.13. The van der Waals surface area contributed by atoms with Crippen molar-refractivity contribution in [1.29, 1.82) is 0 Å². The van der Waals surface area contributed by atoms with Gasteiger partial charge in [0.25, 0.3) is 5.91 Å². The summed E-state index contributed by atoms with van der Waals surface area (Å²) < 4.78 is 9.53. The molecule has 0 bridgehead atoms. The monoisotopic (exact) mass is 434 g/mol. The van der Waals surface area contributed by atoms with Crippen LogP contribution in [0.2, 0.25) is 0 Å². The van der Waals surface area contributed by atoms with Crippen LogP contribution in [0.3, 0.4) is 0 Å². The fourth-order valence-electron chi connectivity index (χ4n) is 3.28. The molecule has 0 aliphatic rings. The fourth-order valence-corrected chi connectivity index (χ4v) is 3.43. The molecule has 0 fully saturated rings. The van der Waals surface area contributed by atoms with Gasteiger partial charge in [-0.2, -0.15) is 10.2 Å². The van der Waals surface area contributed by atoms with Crippen molar-refractivity contribution in [3.05, 3.63) is 77.0 Å². The lowest BCUT2D eigenvalue weighted by Gasteiger charge is -2.08. The van der Waals surface area contributed by atoms with Gasteiger partial charge in [-0.05, 0) is 36.5 Å². The molecule has 2 aromatic heterocycles. The number of hydrogen-bond acceptors (Lipinski definition) is 5. The van der Waals surface area contributed by atoms with Crippen molar-refractivity contribution in [2.45, 2.75) is 6.42 Å². The molecule has 2 heterocycles. The predicted molar refractivity (Wildman–Crippen MR) is 120 cm³/mol. The van der Waals surface area contributed by atoms with Gasteiger partial charge in [0.15, 0.2) is 4.77 Å². The average Bonchev–Trinajstić information content (AvgIpc) is 3.39. The van der Waals surface area contributed by atoms with E-state index in [0.29, 0.717) is 34.7 Å². The van der Waals surface area contributed by atoms with Gasteiger partial charge in [-0.15, -0.1) is 0 Å². The Balaban J connectivity index is 1.64. The Morgan fingerprint density at radius 3 is 2.61 bits per heavy atom. The van der Waals surface area contributed by atoms with Crippen molar-refractivity contribution in [2.24, 2.45) is 7.05 Å². The zero-order valence-electron chi connectivity index (χ0n) is 17.2. The van der Waals surface area contributed by atoms with Crippen LogP contribution in [-0.4, -0.2) is 44.1 Å². The molecule has 0 aliphatic heterocycles. The van der Waals surface area contributed by atoms with Crippen LogP contribution in [0.5, 0.6) is 5.75 Å². The highest BCUT2D eigenvalue weighted by Crippen LogP contribution is 2.31. The number of amides is 1. The third kappa shape index (κ3) is 4.26. The summed E-state index contributed by atoms with van der Waals surface area (Å²) in [6, 6.07) is 17.2. The number of carbonyl (C=O) groups excluding carboxylic acids is 1. The molecule has 0 unspecified atom stereocenters. The molecule has 4 aromatic rings. The molecule has 158 valence electrons. The number of H-pyrrole nitrogens is 1. The molecule has 0 saturated carbocycles. The van der Waals surface area contributed by atoms with E-state index in [0.717, 1.165) is 17.1 Å². The van der Waals surface area contributed by atoms with Crippen molar-refractivity contribution in [3.8, 4) is 22.7 Å². The van der Waals surface area contributed by atoms with Crippen LogP contribution in [0.1, 0.15) is 16.2 Å². The first-order valence-corrected chi connectivity index (χ1v) is 10.2. The summed E-state index contributed by atoms with van der Waals surface area (Å²) in [5.41, 5.74) is 2.62. The molecule has 8 nitrogen and oxygen atoms in total. The van der Waals surface area contributed by atoms with E-state index < -0.39 is 0 Å². The van der Waals surface area contributed by atoms with Gasteiger partial charge in [0.2, 0.25) is 0 Å². The van der Waals surface area contributed by atoms with E-state index in [4.69, 9.17) is 22.1 Å². The van der Waals surface area contributed by atoms with E-state index in [-0.39, 0.29) is 5.91 Å². The van der Waals surface area contributed by atoms with Crippen molar-refractivity contribution in [1.82, 2.24) is 29.9 Å². The van der Waals surface area contributed by atoms with E-state index in [9.17, 15) is 4.79 Å². The van der Waals surface area contributed by atoms with Gasteiger partial charge in [0, 0.05) is 31.8 Å². The third-order valence-electron chi connectivity index (χ3n) is 4.95. The summed E-state index contributed by atoms with van der Waals surface area (Å²) in [5.74, 6) is 1.20. The lowest BCUT2D eigenvalue weighted by molar-refractivity contribution is 0.0954. The number of para-hydroxylation sites is 2. The molecular weight excluding hydrogens is 412 g/mol. The fraction of sp³-hybridized carbons (Fsp3) is 0.182. The number of aromatic nitrogens is 5. The van der Waals surface area contributed by atoms with E-state index in [1.807, 2.05) is 61.6 Å². The maximum Gasteiger partial charge on any atom is 0.255 e. The van der Waals surface area contributed by atoms with Crippen molar-refractivity contribution in [2.75, 3.05) is 13.7 Å². The minimum absolute atomic E-state index is 0.222. The van der Waals surface area contributed by atoms with Gasteiger partial charge >= 0.3 is 0 Å². The van der Waals surface area contributed by atoms with Gasteiger partial charge in [-0.25, -0.2) is 4.68 Å². The highest BCUT2D eigenvalue weighted by Gasteiger charge is 2.21. The molecule has 2 aromatic carbocycles. The second-order valence-electron chi connectivity index (χ2n) is 6.88. The molecule has 1 amide bonds. The summed E-state index contributed by atoms with van der Waals surface area (Å²) in [5, 5.41) is 14.6. The van der Waals surface area contributed by atoms with E-state index in [2.05, 4.69) is 15.5 Å². The number of carbonyl (C=O) groups is 1. The van der Waals surface area contributed by atoms with Gasteiger partial charge in [-0.1, -0.05) is 30.3 Å². The Kier molecular flexibility index (Phi) is 5.94. The molecule has 31 heavy (non-hydrogen) atoms. The second-order valence-corrected chi connectivity index (χ2v) is 7.27. The van der Waals surface area contributed by atoms with Gasteiger partial charge in [0.05, 0.1) is 18.4 Å². The standard InChI is InChI=1S/C22H22N6O2S/c1-27-19(24-25-22(27)31)12-13-23-21(29)17-14-28(15-8-4-3-5-9-15)26-20(17)16-10-6-7-11-18(16)30-2/h3-11,14H,12-13H2,1-2H3,(H,23,29)(H,25,31). The van der Waals surface area contributed by atoms with Gasteiger partial charge in [0.1, 0.15) is 17.3 Å². The second kappa shape index (κ2) is 8.97. The van der Waals surface area contributed by atoms with E-state index in [1.165, 1.54) is 0 Å². The number of benzene rings is 2. The van der Waals surface area contributed by atoms with Crippen LogP contribution in [0.25, 0.3) is 16.9 Å². The average molecular weight is 435 g/mol. The first kappa shape index (κ1) is 20.5. The largest absolute Gasteiger partial charge is 0.496 e. The normalized spacial score (nSPS) is 10.8. The Morgan fingerprint density at radius 2 is 1.90 bits per heavy atom. The zero-order chi connectivity index (χ0) is 21.8. The van der Waals surface area contributed by atoms with E-state index in [1.54, 1.807) is 22.6 Å². The summed E-state index contributed by atoms with van der Waals surface area (Å²) in [4.78, 5) is 13.1. The number of ether oxygens (including phenoxy) is 1. The smallest absolute Gasteiger partial charge is 0.255 e. The first-order valence-electron chi connectivity index (χ1n) is 9.75. The Bertz CT molecular complexity index is 1260. The molecule has 0 aliphatic carbocycles. The SMILES string of the molecule is COc1ccccc1-c1nn(-c2ccccc2)cc1C(=O)NCCc1n[nH]c(=S)n1C. The lowest BCUT2D eigenvalue weighted by atomic mass is 10.1. The number of rotatable bonds is 7. The first-order chi connectivity index (χ1) is 15.1. The van der Waals surface area contributed by atoms with Crippen LogP contribution in [0.4, 0.5) is 0 Å². The predicted octanol–water partition coefficient (Wildman–Crippen LogP) is 3.31. The van der Waals surface area contributed by atoms with E-state index >= 15 is 0 Å². The molecule has 9 heteroatoms.